The van der Waals surface area contributed by atoms with Crippen molar-refractivity contribution in [2.45, 2.75) is 19.4 Å². The van der Waals surface area contributed by atoms with Gasteiger partial charge in [-0.15, -0.1) is 10.2 Å². The average Bonchev–Trinajstić information content (AvgIpc) is 3.17. The van der Waals surface area contributed by atoms with E-state index in [-0.39, 0.29) is 0 Å². The standard InChI is InChI=1S/C20H23N3O3/c1-24-17-11-10-16(13-18(17)25-2)20-23-22-19(26-20)14-21-12-6-9-15-7-4-3-5-8-15/h3-5,7-8,10-11,13,21H,6,9,12,14H2,1-2H3. The Kier molecular flexibility index (Phi) is 6.22. The summed E-state index contributed by atoms with van der Waals surface area (Å²) in [6.07, 6.45) is 2.11. The van der Waals surface area contributed by atoms with Crippen LogP contribution < -0.4 is 14.8 Å². The first kappa shape index (κ1) is 17.9. The van der Waals surface area contributed by atoms with Crippen LogP contribution in [0, 0.1) is 0 Å². The Labute approximate surface area is 153 Å². The van der Waals surface area contributed by atoms with Crippen LogP contribution in [0.1, 0.15) is 17.9 Å². The number of hydrogen-bond donors (Lipinski definition) is 1. The van der Waals surface area contributed by atoms with Crippen molar-refractivity contribution >= 4 is 0 Å². The molecule has 0 fully saturated rings. The monoisotopic (exact) mass is 353 g/mol. The van der Waals surface area contributed by atoms with E-state index < -0.39 is 0 Å². The normalized spacial score (nSPS) is 10.7. The van der Waals surface area contributed by atoms with E-state index in [1.807, 2.05) is 24.3 Å². The molecule has 0 spiro atoms. The Morgan fingerprint density at radius 1 is 0.962 bits per heavy atom. The maximum Gasteiger partial charge on any atom is 0.247 e. The third-order valence-corrected chi connectivity index (χ3v) is 4.04. The van der Waals surface area contributed by atoms with Crippen LogP contribution in [0.15, 0.2) is 52.9 Å². The molecule has 0 atom stereocenters. The van der Waals surface area contributed by atoms with Gasteiger partial charge in [-0.25, -0.2) is 0 Å². The second kappa shape index (κ2) is 9.01. The Morgan fingerprint density at radius 2 is 1.77 bits per heavy atom. The molecule has 3 rings (SSSR count). The van der Waals surface area contributed by atoms with Crippen LogP contribution in [0.4, 0.5) is 0 Å². The molecule has 0 saturated carbocycles. The van der Waals surface area contributed by atoms with Crippen molar-refractivity contribution < 1.29 is 13.9 Å². The van der Waals surface area contributed by atoms with Gasteiger partial charge in [0.15, 0.2) is 11.5 Å². The first-order valence-electron chi connectivity index (χ1n) is 8.59. The van der Waals surface area contributed by atoms with Crippen molar-refractivity contribution in [3.05, 3.63) is 60.0 Å². The van der Waals surface area contributed by atoms with Crippen LogP contribution in [0.2, 0.25) is 0 Å². The molecule has 0 aliphatic carbocycles. The Bertz CT molecular complexity index is 818. The number of aryl methyl sites for hydroxylation is 1. The summed E-state index contributed by atoms with van der Waals surface area (Å²) >= 11 is 0. The summed E-state index contributed by atoms with van der Waals surface area (Å²) in [7, 11) is 3.20. The number of benzene rings is 2. The number of nitrogens with one attached hydrogen (secondary N) is 1. The Morgan fingerprint density at radius 3 is 2.54 bits per heavy atom. The summed E-state index contributed by atoms with van der Waals surface area (Å²) in [5, 5.41) is 11.5. The fourth-order valence-corrected chi connectivity index (χ4v) is 2.67. The smallest absolute Gasteiger partial charge is 0.247 e. The van der Waals surface area contributed by atoms with Crippen LogP contribution in [-0.2, 0) is 13.0 Å². The number of rotatable bonds is 9. The van der Waals surface area contributed by atoms with Gasteiger partial charge in [-0.1, -0.05) is 30.3 Å². The fourth-order valence-electron chi connectivity index (χ4n) is 2.67. The molecule has 0 unspecified atom stereocenters. The lowest BCUT2D eigenvalue weighted by molar-refractivity contribution is 0.355. The molecule has 6 nitrogen and oxygen atoms in total. The minimum Gasteiger partial charge on any atom is -0.493 e. The van der Waals surface area contributed by atoms with E-state index in [1.54, 1.807) is 14.2 Å². The molecule has 0 radical (unpaired) electrons. The van der Waals surface area contributed by atoms with Gasteiger partial charge in [-0.2, -0.15) is 0 Å². The van der Waals surface area contributed by atoms with Gasteiger partial charge in [-0.05, 0) is 43.1 Å². The van der Waals surface area contributed by atoms with Gasteiger partial charge in [0.05, 0.1) is 20.8 Å². The van der Waals surface area contributed by atoms with Crippen molar-refractivity contribution in [3.63, 3.8) is 0 Å². The number of hydrogen-bond acceptors (Lipinski definition) is 6. The molecule has 0 aliphatic rings. The van der Waals surface area contributed by atoms with Crippen molar-refractivity contribution in [1.82, 2.24) is 15.5 Å². The number of nitrogens with zero attached hydrogens (tertiary/aromatic N) is 2. The fraction of sp³-hybridized carbons (Fsp3) is 0.300. The molecular formula is C20H23N3O3. The lowest BCUT2D eigenvalue weighted by Crippen LogP contribution is -2.15. The molecule has 1 aromatic heterocycles. The zero-order chi connectivity index (χ0) is 18.2. The van der Waals surface area contributed by atoms with E-state index in [1.165, 1.54) is 5.56 Å². The third kappa shape index (κ3) is 4.61. The highest BCUT2D eigenvalue weighted by molar-refractivity contribution is 5.59. The van der Waals surface area contributed by atoms with Crippen molar-refractivity contribution in [2.24, 2.45) is 0 Å². The van der Waals surface area contributed by atoms with Gasteiger partial charge in [0, 0.05) is 5.56 Å². The minimum absolute atomic E-state index is 0.465. The second-order valence-corrected chi connectivity index (χ2v) is 5.84. The van der Waals surface area contributed by atoms with Crippen molar-refractivity contribution in [3.8, 4) is 23.0 Å². The Balaban J connectivity index is 1.50. The zero-order valence-electron chi connectivity index (χ0n) is 15.1. The highest BCUT2D eigenvalue weighted by atomic mass is 16.5. The van der Waals surface area contributed by atoms with Crippen LogP contribution in [0.3, 0.4) is 0 Å². The van der Waals surface area contributed by atoms with Crippen molar-refractivity contribution in [2.75, 3.05) is 20.8 Å². The van der Waals surface area contributed by atoms with Gasteiger partial charge in [0.2, 0.25) is 11.8 Å². The molecule has 0 amide bonds. The highest BCUT2D eigenvalue weighted by Gasteiger charge is 2.12. The molecule has 0 bridgehead atoms. The molecule has 1 heterocycles. The van der Waals surface area contributed by atoms with Gasteiger partial charge in [0.1, 0.15) is 0 Å². The van der Waals surface area contributed by atoms with Crippen LogP contribution in [-0.4, -0.2) is 31.0 Å². The maximum atomic E-state index is 5.73. The zero-order valence-corrected chi connectivity index (χ0v) is 15.1. The SMILES string of the molecule is COc1ccc(-c2nnc(CNCCCc3ccccc3)o2)cc1OC. The molecule has 0 saturated heterocycles. The van der Waals surface area contributed by atoms with E-state index in [2.05, 4.69) is 39.8 Å². The lowest BCUT2D eigenvalue weighted by Gasteiger charge is -2.07. The number of aromatic nitrogens is 2. The molecule has 6 heteroatoms. The predicted octanol–water partition coefficient (Wildman–Crippen LogP) is 3.48. The van der Waals surface area contributed by atoms with Crippen molar-refractivity contribution in [1.29, 1.82) is 0 Å². The molecule has 3 aromatic rings. The topological polar surface area (TPSA) is 69.4 Å². The molecule has 26 heavy (non-hydrogen) atoms. The van der Waals surface area contributed by atoms with Crippen LogP contribution in [0.5, 0.6) is 11.5 Å². The molecular weight excluding hydrogens is 330 g/mol. The van der Waals surface area contributed by atoms with Gasteiger partial charge < -0.3 is 19.2 Å². The molecule has 2 aromatic carbocycles. The largest absolute Gasteiger partial charge is 0.493 e. The molecule has 1 N–H and O–H groups in total. The number of methoxy groups -OCH3 is 2. The summed E-state index contributed by atoms with van der Waals surface area (Å²) in [6, 6.07) is 16.0. The van der Waals surface area contributed by atoms with Gasteiger partial charge in [-0.3, -0.25) is 0 Å². The molecule has 136 valence electrons. The minimum atomic E-state index is 0.465. The van der Waals surface area contributed by atoms with Crippen LogP contribution in [0.25, 0.3) is 11.5 Å². The summed E-state index contributed by atoms with van der Waals surface area (Å²) in [4.78, 5) is 0. The first-order chi connectivity index (χ1) is 12.8. The summed E-state index contributed by atoms with van der Waals surface area (Å²) < 4.78 is 16.3. The average molecular weight is 353 g/mol. The lowest BCUT2D eigenvalue weighted by atomic mass is 10.1. The quantitative estimate of drug-likeness (QED) is 0.594. The third-order valence-electron chi connectivity index (χ3n) is 4.04. The summed E-state index contributed by atoms with van der Waals surface area (Å²) in [5.74, 6) is 2.32. The summed E-state index contributed by atoms with van der Waals surface area (Å²) in [6.45, 7) is 1.44. The summed E-state index contributed by atoms with van der Waals surface area (Å²) in [5.41, 5.74) is 2.15. The molecule has 0 aliphatic heterocycles. The van der Waals surface area contributed by atoms with E-state index in [9.17, 15) is 0 Å². The second-order valence-electron chi connectivity index (χ2n) is 5.84. The van der Waals surface area contributed by atoms with E-state index in [4.69, 9.17) is 13.9 Å². The Hall–Kier alpha value is -2.86. The van der Waals surface area contributed by atoms with Gasteiger partial charge in [0.25, 0.3) is 0 Å². The van der Waals surface area contributed by atoms with E-state index >= 15 is 0 Å². The highest BCUT2D eigenvalue weighted by Crippen LogP contribution is 2.31. The van der Waals surface area contributed by atoms with Gasteiger partial charge >= 0.3 is 0 Å². The van der Waals surface area contributed by atoms with E-state index in [0.29, 0.717) is 29.8 Å². The first-order valence-corrected chi connectivity index (χ1v) is 8.59. The van der Waals surface area contributed by atoms with E-state index in [0.717, 1.165) is 24.9 Å². The number of ether oxygens (including phenoxy) is 2. The maximum absolute atomic E-state index is 5.73. The predicted molar refractivity (Wildman–Crippen MR) is 99.3 cm³/mol. The van der Waals surface area contributed by atoms with Crippen LogP contribution >= 0.6 is 0 Å².